The summed E-state index contributed by atoms with van der Waals surface area (Å²) in [5, 5.41) is 16.6. The van der Waals surface area contributed by atoms with E-state index in [1.54, 1.807) is 16.8 Å². The Morgan fingerprint density at radius 1 is 0.941 bits per heavy atom. The smallest absolute Gasteiger partial charge is 0.171 e. The number of rotatable bonds is 6. The van der Waals surface area contributed by atoms with E-state index in [2.05, 4.69) is 20.8 Å². The zero-order valence-electron chi connectivity index (χ0n) is 19.5. The van der Waals surface area contributed by atoms with Crippen LogP contribution in [0.4, 0.5) is 10.1 Å². The number of thiocarbonyl (C=S) groups is 1. The fourth-order valence-corrected chi connectivity index (χ4v) is 4.34. The average Bonchev–Trinajstić information content (AvgIpc) is 3.24. The molecule has 0 amide bonds. The van der Waals surface area contributed by atoms with Crippen LogP contribution in [0.15, 0.2) is 48.5 Å². The molecule has 2 N–H and O–H groups in total. The third-order valence-electron chi connectivity index (χ3n) is 5.86. The number of hydrogen-bond acceptors (Lipinski definition) is 3. The first-order valence-corrected chi connectivity index (χ1v) is 11.7. The van der Waals surface area contributed by atoms with Gasteiger partial charge in [-0.05, 0) is 64.2 Å². The summed E-state index contributed by atoms with van der Waals surface area (Å²) in [5.41, 5.74) is 6.90. The number of halogens is 2. The van der Waals surface area contributed by atoms with Crippen LogP contribution in [0.2, 0.25) is 5.02 Å². The molecule has 2 aromatic carbocycles. The molecule has 0 unspecified atom stereocenters. The minimum atomic E-state index is -0.353. The monoisotopic (exact) mass is 496 g/mol. The highest BCUT2D eigenvalue weighted by Gasteiger charge is 2.17. The Bertz CT molecular complexity index is 1330. The van der Waals surface area contributed by atoms with Gasteiger partial charge in [-0.3, -0.25) is 4.68 Å². The van der Waals surface area contributed by atoms with Gasteiger partial charge < -0.3 is 10.6 Å². The molecule has 4 rings (SSSR count). The molecule has 0 aliphatic carbocycles. The second-order valence-electron chi connectivity index (χ2n) is 8.11. The van der Waals surface area contributed by atoms with Crippen molar-refractivity contribution in [3.05, 3.63) is 93.3 Å². The number of nitrogens with zero attached hydrogens (tertiary/aromatic N) is 4. The van der Waals surface area contributed by atoms with E-state index in [1.807, 2.05) is 62.7 Å². The van der Waals surface area contributed by atoms with Crippen LogP contribution in [-0.2, 0) is 13.1 Å². The van der Waals surface area contributed by atoms with Gasteiger partial charge in [0.1, 0.15) is 5.82 Å². The molecule has 0 bridgehead atoms. The molecule has 0 aliphatic heterocycles. The number of benzene rings is 2. The van der Waals surface area contributed by atoms with Crippen LogP contribution in [0, 0.1) is 33.5 Å². The minimum absolute atomic E-state index is 0.233. The number of hydrogen-bond donors (Lipinski definition) is 2. The average molecular weight is 497 g/mol. The second kappa shape index (κ2) is 9.95. The van der Waals surface area contributed by atoms with Crippen molar-refractivity contribution < 1.29 is 4.39 Å². The van der Waals surface area contributed by atoms with E-state index in [4.69, 9.17) is 23.8 Å². The van der Waals surface area contributed by atoms with Crippen LogP contribution < -0.4 is 10.6 Å². The molecule has 6 nitrogen and oxygen atoms in total. The van der Waals surface area contributed by atoms with Crippen molar-refractivity contribution in [2.45, 2.75) is 40.8 Å². The Morgan fingerprint density at radius 2 is 1.68 bits per heavy atom. The second-order valence-corrected chi connectivity index (χ2v) is 8.92. The van der Waals surface area contributed by atoms with Gasteiger partial charge >= 0.3 is 0 Å². The maximum Gasteiger partial charge on any atom is 0.171 e. The van der Waals surface area contributed by atoms with E-state index in [1.165, 1.54) is 6.07 Å². The van der Waals surface area contributed by atoms with Gasteiger partial charge in [0.15, 0.2) is 5.11 Å². The maximum atomic E-state index is 14.2. The standard InChI is InChI=1S/C25H26ClFN6S/c1-15-20(17(3)33(31-15)19-9-6-5-7-10-19)13-28-25(34)29-24-16(2)30-32(18(24)4)14-21-22(26)11-8-12-23(21)27/h5-12H,13-14H2,1-4H3,(H2,28,29,34). The lowest BCUT2D eigenvalue weighted by molar-refractivity contribution is 0.579. The SMILES string of the molecule is Cc1nn(-c2ccccc2)c(C)c1CNC(=S)Nc1c(C)nn(Cc2c(F)cccc2Cl)c1C. The van der Waals surface area contributed by atoms with Crippen molar-refractivity contribution in [2.24, 2.45) is 0 Å². The van der Waals surface area contributed by atoms with E-state index in [0.29, 0.717) is 22.2 Å². The Kier molecular flexibility index (Phi) is 7.00. The van der Waals surface area contributed by atoms with Crippen LogP contribution in [0.3, 0.4) is 0 Å². The zero-order chi connectivity index (χ0) is 24.4. The van der Waals surface area contributed by atoms with Crippen molar-refractivity contribution in [1.29, 1.82) is 0 Å². The fourth-order valence-electron chi connectivity index (χ4n) is 3.94. The molecule has 2 heterocycles. The summed E-state index contributed by atoms with van der Waals surface area (Å²) >= 11 is 11.7. The summed E-state index contributed by atoms with van der Waals surface area (Å²) in [4.78, 5) is 0. The van der Waals surface area contributed by atoms with E-state index in [-0.39, 0.29) is 12.4 Å². The van der Waals surface area contributed by atoms with Crippen molar-refractivity contribution in [3.63, 3.8) is 0 Å². The molecule has 0 aliphatic rings. The molecule has 9 heteroatoms. The molecule has 176 valence electrons. The quantitative estimate of drug-likeness (QED) is 0.339. The predicted octanol–water partition coefficient (Wildman–Crippen LogP) is 5.63. The Balaban J connectivity index is 1.46. The molecule has 4 aromatic rings. The highest BCUT2D eigenvalue weighted by atomic mass is 35.5. The van der Waals surface area contributed by atoms with E-state index in [0.717, 1.165) is 39.7 Å². The van der Waals surface area contributed by atoms with Crippen LogP contribution >= 0.6 is 23.8 Å². The Hall–Kier alpha value is -3.23. The van der Waals surface area contributed by atoms with Crippen molar-refractivity contribution in [2.75, 3.05) is 5.32 Å². The highest BCUT2D eigenvalue weighted by molar-refractivity contribution is 7.80. The summed E-state index contributed by atoms with van der Waals surface area (Å²) < 4.78 is 17.9. The van der Waals surface area contributed by atoms with Crippen LogP contribution in [-0.4, -0.2) is 24.7 Å². The number of aromatic nitrogens is 4. The summed E-state index contributed by atoms with van der Waals surface area (Å²) in [6, 6.07) is 14.7. The molecule has 0 saturated carbocycles. The molecular weight excluding hydrogens is 471 g/mol. The molecule has 0 fully saturated rings. The molecule has 0 atom stereocenters. The molecule has 34 heavy (non-hydrogen) atoms. The normalized spacial score (nSPS) is 11.0. The van der Waals surface area contributed by atoms with Gasteiger partial charge in [-0.1, -0.05) is 35.9 Å². The molecule has 0 radical (unpaired) electrons. The van der Waals surface area contributed by atoms with Gasteiger partial charge in [-0.15, -0.1) is 0 Å². The summed E-state index contributed by atoms with van der Waals surface area (Å²) in [7, 11) is 0. The predicted molar refractivity (Wildman–Crippen MR) is 138 cm³/mol. The minimum Gasteiger partial charge on any atom is -0.358 e. The number of aryl methyl sites for hydroxylation is 2. The lowest BCUT2D eigenvalue weighted by Crippen LogP contribution is -2.28. The van der Waals surface area contributed by atoms with Gasteiger partial charge in [-0.2, -0.15) is 10.2 Å². The van der Waals surface area contributed by atoms with Gasteiger partial charge in [0, 0.05) is 28.4 Å². The first-order valence-electron chi connectivity index (χ1n) is 10.9. The first kappa shape index (κ1) is 23.9. The van der Waals surface area contributed by atoms with Gasteiger partial charge in [-0.25, -0.2) is 9.07 Å². The van der Waals surface area contributed by atoms with Crippen molar-refractivity contribution >= 4 is 34.6 Å². The molecule has 0 spiro atoms. The first-order chi connectivity index (χ1) is 16.3. The Morgan fingerprint density at radius 3 is 2.38 bits per heavy atom. The van der Waals surface area contributed by atoms with Gasteiger partial charge in [0.2, 0.25) is 0 Å². The highest BCUT2D eigenvalue weighted by Crippen LogP contribution is 2.24. The third-order valence-corrected chi connectivity index (χ3v) is 6.46. The lowest BCUT2D eigenvalue weighted by atomic mass is 10.2. The van der Waals surface area contributed by atoms with Crippen LogP contribution in [0.25, 0.3) is 5.69 Å². The summed E-state index contributed by atoms with van der Waals surface area (Å²) in [5.74, 6) is -0.353. The molecular formula is C25H26ClFN6S. The van der Waals surface area contributed by atoms with Crippen LogP contribution in [0.1, 0.15) is 33.9 Å². The van der Waals surface area contributed by atoms with E-state index < -0.39 is 0 Å². The Labute approximate surface area is 208 Å². The summed E-state index contributed by atoms with van der Waals surface area (Å²) in [6.45, 7) is 8.61. The number of anilines is 1. The van der Waals surface area contributed by atoms with Gasteiger partial charge in [0.25, 0.3) is 0 Å². The zero-order valence-corrected chi connectivity index (χ0v) is 21.1. The third kappa shape index (κ3) is 4.83. The number of nitrogens with one attached hydrogen (secondary N) is 2. The van der Waals surface area contributed by atoms with Crippen molar-refractivity contribution in [1.82, 2.24) is 24.9 Å². The van der Waals surface area contributed by atoms with E-state index >= 15 is 0 Å². The van der Waals surface area contributed by atoms with Crippen LogP contribution in [0.5, 0.6) is 0 Å². The largest absolute Gasteiger partial charge is 0.358 e. The number of para-hydroxylation sites is 1. The topological polar surface area (TPSA) is 59.7 Å². The summed E-state index contributed by atoms with van der Waals surface area (Å²) in [6.07, 6.45) is 0. The molecule has 0 saturated heterocycles. The lowest BCUT2D eigenvalue weighted by Gasteiger charge is -2.12. The maximum absolute atomic E-state index is 14.2. The van der Waals surface area contributed by atoms with Crippen molar-refractivity contribution in [3.8, 4) is 5.69 Å². The van der Waals surface area contributed by atoms with Gasteiger partial charge in [0.05, 0.1) is 35.0 Å². The van der Waals surface area contributed by atoms with E-state index in [9.17, 15) is 4.39 Å². The molecule has 2 aromatic heterocycles. The fraction of sp³-hybridized carbons (Fsp3) is 0.240.